The van der Waals surface area contributed by atoms with Gasteiger partial charge in [-0.2, -0.15) is 13.2 Å². The standard InChI is InChI=1S/C24H30ClF3N4OS/c1-16(2)23(7-5-18(14-23)30-15-19-3-4-20(25)34-19)22(33)32-11-9-31(10-12-32)21-13-17(6-8-29-21)24(26,27)28/h3-4,6,8,13,16,18,30H,5,7,9-12,14-15H2,1-2H3. The van der Waals surface area contributed by atoms with Crippen LogP contribution in [0.4, 0.5) is 19.0 Å². The van der Waals surface area contributed by atoms with E-state index in [1.165, 1.54) is 11.1 Å². The van der Waals surface area contributed by atoms with Gasteiger partial charge in [0.15, 0.2) is 0 Å². The van der Waals surface area contributed by atoms with Crippen LogP contribution in [0, 0.1) is 11.3 Å². The lowest BCUT2D eigenvalue weighted by Crippen LogP contribution is -2.54. The van der Waals surface area contributed by atoms with E-state index in [0.717, 1.165) is 42.3 Å². The monoisotopic (exact) mass is 514 g/mol. The Morgan fingerprint density at radius 1 is 1.26 bits per heavy atom. The molecule has 2 aliphatic rings. The number of carbonyl (C=O) groups excluding carboxylic acids is 1. The second-order valence-corrected chi connectivity index (χ2v) is 11.3. The van der Waals surface area contributed by atoms with E-state index in [1.54, 1.807) is 11.3 Å². The number of rotatable bonds is 6. The Hall–Kier alpha value is -1.84. The van der Waals surface area contributed by atoms with Crippen molar-refractivity contribution in [2.24, 2.45) is 11.3 Å². The zero-order chi connectivity index (χ0) is 24.5. The normalized spacial score (nSPS) is 23.7. The largest absolute Gasteiger partial charge is 0.416 e. The summed E-state index contributed by atoms with van der Waals surface area (Å²) in [6.07, 6.45) is -0.641. The molecule has 2 fully saturated rings. The van der Waals surface area contributed by atoms with Gasteiger partial charge in [0.25, 0.3) is 0 Å². The van der Waals surface area contributed by atoms with Crippen molar-refractivity contribution in [1.29, 1.82) is 0 Å². The van der Waals surface area contributed by atoms with Crippen LogP contribution in [0.3, 0.4) is 0 Å². The van der Waals surface area contributed by atoms with Crippen LogP contribution < -0.4 is 10.2 Å². The average molecular weight is 515 g/mol. The molecule has 1 N–H and O–H groups in total. The van der Waals surface area contributed by atoms with E-state index in [4.69, 9.17) is 11.6 Å². The third-order valence-electron chi connectivity index (χ3n) is 7.24. The van der Waals surface area contributed by atoms with Crippen LogP contribution in [-0.2, 0) is 17.5 Å². The third kappa shape index (κ3) is 5.36. The first-order valence-corrected chi connectivity index (χ1v) is 12.8. The van der Waals surface area contributed by atoms with Crippen molar-refractivity contribution in [3.05, 3.63) is 45.2 Å². The number of thiophene rings is 1. The van der Waals surface area contributed by atoms with Gasteiger partial charge in [0.1, 0.15) is 5.82 Å². The van der Waals surface area contributed by atoms with Crippen molar-refractivity contribution in [2.45, 2.75) is 51.9 Å². The quantitative estimate of drug-likeness (QED) is 0.557. The van der Waals surface area contributed by atoms with Crippen LogP contribution in [0.2, 0.25) is 4.34 Å². The molecule has 1 amide bonds. The van der Waals surface area contributed by atoms with Gasteiger partial charge in [0.05, 0.1) is 15.3 Å². The lowest BCUT2D eigenvalue weighted by molar-refractivity contribution is -0.145. The second-order valence-electron chi connectivity index (χ2n) is 9.52. The van der Waals surface area contributed by atoms with Crippen molar-refractivity contribution in [3.8, 4) is 0 Å². The Balaban J connectivity index is 1.37. The molecule has 2 aromatic heterocycles. The SMILES string of the molecule is CC(C)C1(C(=O)N2CCN(c3cc(C(F)(F)F)ccn3)CC2)CCC(NCc2ccc(Cl)s2)C1. The molecule has 186 valence electrons. The first-order valence-electron chi connectivity index (χ1n) is 11.6. The van der Waals surface area contributed by atoms with Gasteiger partial charge >= 0.3 is 6.18 Å². The summed E-state index contributed by atoms with van der Waals surface area (Å²) < 4.78 is 40.0. The number of aromatic nitrogens is 1. The van der Waals surface area contributed by atoms with Crippen molar-refractivity contribution in [1.82, 2.24) is 15.2 Å². The highest BCUT2D eigenvalue weighted by molar-refractivity contribution is 7.16. The van der Waals surface area contributed by atoms with E-state index < -0.39 is 17.2 Å². The van der Waals surface area contributed by atoms with E-state index in [0.29, 0.717) is 32.0 Å². The highest BCUT2D eigenvalue weighted by Gasteiger charge is 2.49. The molecule has 1 saturated carbocycles. The first kappa shape index (κ1) is 25.3. The average Bonchev–Trinajstić information content (AvgIpc) is 3.44. The summed E-state index contributed by atoms with van der Waals surface area (Å²) in [6, 6.07) is 6.25. The number of pyridine rings is 1. The number of amides is 1. The van der Waals surface area contributed by atoms with Gasteiger partial charge in [-0.25, -0.2) is 4.98 Å². The van der Waals surface area contributed by atoms with Crippen LogP contribution >= 0.6 is 22.9 Å². The molecule has 1 saturated heterocycles. The molecule has 5 nitrogen and oxygen atoms in total. The molecule has 2 aromatic rings. The minimum absolute atomic E-state index is 0.169. The summed E-state index contributed by atoms with van der Waals surface area (Å²) >= 11 is 7.59. The van der Waals surface area contributed by atoms with Crippen LogP contribution in [0.25, 0.3) is 0 Å². The summed E-state index contributed by atoms with van der Waals surface area (Å²) in [7, 11) is 0. The van der Waals surface area contributed by atoms with Crippen molar-refractivity contribution in [3.63, 3.8) is 0 Å². The van der Waals surface area contributed by atoms with Gasteiger partial charge in [-0.3, -0.25) is 4.79 Å². The minimum atomic E-state index is -4.40. The van der Waals surface area contributed by atoms with Gasteiger partial charge < -0.3 is 15.1 Å². The third-order valence-corrected chi connectivity index (χ3v) is 8.47. The van der Waals surface area contributed by atoms with Crippen molar-refractivity contribution >= 4 is 34.7 Å². The van der Waals surface area contributed by atoms with Crippen molar-refractivity contribution in [2.75, 3.05) is 31.1 Å². The van der Waals surface area contributed by atoms with E-state index in [9.17, 15) is 18.0 Å². The van der Waals surface area contributed by atoms with Gasteiger partial charge in [0, 0.05) is 49.8 Å². The summed E-state index contributed by atoms with van der Waals surface area (Å²) in [4.78, 5) is 22.7. The molecule has 0 spiro atoms. The zero-order valence-electron chi connectivity index (χ0n) is 19.4. The molecule has 1 aliphatic heterocycles. The molecule has 2 unspecified atom stereocenters. The number of nitrogens with zero attached hydrogens (tertiary/aromatic N) is 3. The van der Waals surface area contributed by atoms with E-state index >= 15 is 0 Å². The smallest absolute Gasteiger partial charge is 0.353 e. The summed E-state index contributed by atoms with van der Waals surface area (Å²) in [5.41, 5.74) is -1.12. The van der Waals surface area contributed by atoms with E-state index in [1.807, 2.05) is 21.9 Å². The molecule has 0 bridgehead atoms. The predicted molar refractivity (Wildman–Crippen MR) is 129 cm³/mol. The Labute approximate surface area is 207 Å². The van der Waals surface area contributed by atoms with E-state index in [-0.39, 0.29) is 17.9 Å². The highest BCUT2D eigenvalue weighted by Crippen LogP contribution is 2.46. The second kappa shape index (κ2) is 10.0. The Kier molecular flexibility index (Phi) is 7.45. The van der Waals surface area contributed by atoms with Gasteiger partial charge in [-0.1, -0.05) is 25.4 Å². The van der Waals surface area contributed by atoms with Crippen LogP contribution in [-0.4, -0.2) is 48.0 Å². The van der Waals surface area contributed by atoms with Gasteiger partial charge in [0.2, 0.25) is 5.91 Å². The van der Waals surface area contributed by atoms with Crippen LogP contribution in [0.1, 0.15) is 43.6 Å². The predicted octanol–water partition coefficient (Wildman–Crippen LogP) is 5.45. The zero-order valence-corrected chi connectivity index (χ0v) is 20.9. The fourth-order valence-electron chi connectivity index (χ4n) is 5.13. The van der Waals surface area contributed by atoms with E-state index in [2.05, 4.69) is 24.1 Å². The topological polar surface area (TPSA) is 48.5 Å². The van der Waals surface area contributed by atoms with Gasteiger partial charge in [-0.05, 0) is 49.4 Å². The number of hydrogen-bond acceptors (Lipinski definition) is 5. The number of halogens is 4. The fraction of sp³-hybridized carbons (Fsp3) is 0.583. The Morgan fingerprint density at radius 3 is 2.62 bits per heavy atom. The van der Waals surface area contributed by atoms with Crippen molar-refractivity contribution < 1.29 is 18.0 Å². The maximum absolute atomic E-state index is 13.7. The summed E-state index contributed by atoms with van der Waals surface area (Å²) in [5, 5.41) is 3.60. The van der Waals surface area contributed by atoms with Crippen LogP contribution in [0.15, 0.2) is 30.5 Å². The molecule has 10 heteroatoms. The first-order chi connectivity index (χ1) is 16.1. The number of carbonyl (C=O) groups is 1. The maximum atomic E-state index is 13.7. The number of nitrogens with one attached hydrogen (secondary N) is 1. The number of alkyl halides is 3. The lowest BCUT2D eigenvalue weighted by atomic mass is 9.74. The number of anilines is 1. The molecule has 1 aliphatic carbocycles. The minimum Gasteiger partial charge on any atom is -0.353 e. The molecule has 34 heavy (non-hydrogen) atoms. The number of piperazine rings is 1. The molecule has 0 radical (unpaired) electrons. The summed E-state index contributed by atoms with van der Waals surface area (Å²) in [6.45, 7) is 6.87. The summed E-state index contributed by atoms with van der Waals surface area (Å²) in [5.74, 6) is 0.674. The molecular weight excluding hydrogens is 485 g/mol. The highest BCUT2D eigenvalue weighted by atomic mass is 35.5. The molecular formula is C24H30ClF3N4OS. The Morgan fingerprint density at radius 2 is 2.00 bits per heavy atom. The molecule has 3 heterocycles. The number of hydrogen-bond donors (Lipinski definition) is 1. The Bertz CT molecular complexity index is 1010. The molecule has 2 atom stereocenters. The lowest BCUT2D eigenvalue weighted by Gasteiger charge is -2.42. The molecule has 4 rings (SSSR count). The fourth-order valence-corrected chi connectivity index (χ4v) is 6.17. The maximum Gasteiger partial charge on any atom is 0.416 e. The molecule has 0 aromatic carbocycles. The van der Waals surface area contributed by atoms with Crippen LogP contribution in [0.5, 0.6) is 0 Å². The van der Waals surface area contributed by atoms with Gasteiger partial charge in [-0.15, -0.1) is 11.3 Å².